The van der Waals surface area contributed by atoms with Crippen molar-refractivity contribution >= 4 is 27.3 Å². The molecule has 0 radical (unpaired) electrons. The summed E-state index contributed by atoms with van der Waals surface area (Å²) in [5.41, 5.74) is 0. The summed E-state index contributed by atoms with van der Waals surface area (Å²) in [4.78, 5) is 4.12. The third-order valence-corrected chi connectivity index (χ3v) is 5.55. The van der Waals surface area contributed by atoms with Gasteiger partial charge in [0.25, 0.3) is 0 Å². The zero-order valence-corrected chi connectivity index (χ0v) is 13.9. The van der Waals surface area contributed by atoms with E-state index in [0.717, 1.165) is 25.6 Å². The van der Waals surface area contributed by atoms with E-state index in [1.165, 1.54) is 15.1 Å². The van der Waals surface area contributed by atoms with Crippen LogP contribution in [-0.2, 0) is 6.54 Å². The Morgan fingerprint density at radius 2 is 2.33 bits per heavy atom. The van der Waals surface area contributed by atoms with Crippen molar-refractivity contribution in [2.45, 2.75) is 45.8 Å². The van der Waals surface area contributed by atoms with E-state index in [2.05, 4.69) is 59.1 Å². The van der Waals surface area contributed by atoms with Crippen LogP contribution in [0.2, 0.25) is 0 Å². The monoisotopic (exact) mass is 330 g/mol. The van der Waals surface area contributed by atoms with Gasteiger partial charge in [-0.2, -0.15) is 0 Å². The van der Waals surface area contributed by atoms with Gasteiger partial charge in [0.2, 0.25) is 0 Å². The molecule has 2 heterocycles. The predicted molar refractivity (Wildman–Crippen MR) is 83.1 cm³/mol. The zero-order valence-electron chi connectivity index (χ0n) is 11.4. The first-order valence-electron chi connectivity index (χ1n) is 6.81. The molecule has 0 amide bonds. The maximum atomic E-state index is 3.62. The maximum absolute atomic E-state index is 3.62. The van der Waals surface area contributed by atoms with E-state index in [0.29, 0.717) is 12.1 Å². The Morgan fingerprint density at radius 3 is 2.94 bits per heavy atom. The Bertz CT molecular complexity index is 380. The Labute approximate surface area is 123 Å². The normalized spacial score (nSPS) is 27.3. The van der Waals surface area contributed by atoms with Crippen molar-refractivity contribution < 1.29 is 0 Å². The van der Waals surface area contributed by atoms with Gasteiger partial charge in [-0.25, -0.2) is 0 Å². The molecule has 3 unspecified atom stereocenters. The van der Waals surface area contributed by atoms with Crippen molar-refractivity contribution in [3.8, 4) is 0 Å². The first kappa shape index (κ1) is 14.5. The quantitative estimate of drug-likeness (QED) is 0.905. The molecule has 0 spiro atoms. The summed E-state index contributed by atoms with van der Waals surface area (Å²) in [7, 11) is 0. The van der Waals surface area contributed by atoms with Gasteiger partial charge in [0, 0.05) is 36.6 Å². The van der Waals surface area contributed by atoms with Gasteiger partial charge in [-0.1, -0.05) is 20.3 Å². The molecule has 1 N–H and O–H groups in total. The molecule has 3 atom stereocenters. The smallest absolute Gasteiger partial charge is 0.0701 e. The van der Waals surface area contributed by atoms with E-state index in [4.69, 9.17) is 0 Å². The van der Waals surface area contributed by atoms with Gasteiger partial charge in [0.05, 0.1) is 3.79 Å². The van der Waals surface area contributed by atoms with Crippen LogP contribution >= 0.6 is 27.3 Å². The molecule has 2 nitrogen and oxygen atoms in total. The lowest BCUT2D eigenvalue weighted by molar-refractivity contribution is 0.0895. The molecule has 0 bridgehead atoms. The molecule has 1 aromatic heterocycles. The average molecular weight is 331 g/mol. The Kier molecular flexibility index (Phi) is 5.24. The summed E-state index contributed by atoms with van der Waals surface area (Å²) in [5.74, 6) is 0.758. The van der Waals surface area contributed by atoms with Crippen LogP contribution in [0.4, 0.5) is 0 Å². The lowest BCUT2D eigenvalue weighted by Gasteiger charge is -2.42. The lowest BCUT2D eigenvalue weighted by atomic mass is 9.94. The van der Waals surface area contributed by atoms with Crippen molar-refractivity contribution in [3.63, 3.8) is 0 Å². The van der Waals surface area contributed by atoms with Crippen LogP contribution in [0.25, 0.3) is 0 Å². The van der Waals surface area contributed by atoms with E-state index in [-0.39, 0.29) is 0 Å². The molecule has 1 aromatic rings. The summed E-state index contributed by atoms with van der Waals surface area (Å²) in [6.45, 7) is 10.3. The van der Waals surface area contributed by atoms with Crippen LogP contribution in [0.15, 0.2) is 15.9 Å². The van der Waals surface area contributed by atoms with Crippen LogP contribution < -0.4 is 5.32 Å². The number of hydrogen-bond donors (Lipinski definition) is 1. The molecular weight excluding hydrogens is 308 g/mol. The van der Waals surface area contributed by atoms with Gasteiger partial charge in [-0.15, -0.1) is 11.3 Å². The van der Waals surface area contributed by atoms with E-state index in [1.807, 2.05) is 11.3 Å². The molecule has 1 fully saturated rings. The third-order valence-electron chi connectivity index (χ3n) is 3.94. The molecule has 1 aliphatic rings. The van der Waals surface area contributed by atoms with Gasteiger partial charge in [-0.05, 0) is 40.9 Å². The highest BCUT2D eigenvalue weighted by atomic mass is 79.9. The van der Waals surface area contributed by atoms with Crippen LogP contribution in [-0.4, -0.2) is 30.1 Å². The largest absolute Gasteiger partial charge is 0.311 e. The lowest BCUT2D eigenvalue weighted by Crippen LogP contribution is -2.57. The second-order valence-corrected chi connectivity index (χ2v) is 7.95. The molecule has 102 valence electrons. The highest BCUT2D eigenvalue weighted by molar-refractivity contribution is 9.11. The SMILES string of the molecule is CCC(C)C1CNC(C)CN1Cc1ccc(Br)s1. The second kappa shape index (κ2) is 6.51. The molecule has 1 saturated heterocycles. The fraction of sp³-hybridized carbons (Fsp3) is 0.714. The maximum Gasteiger partial charge on any atom is 0.0701 e. The standard InChI is InChI=1S/C14H23BrN2S/c1-4-10(2)13-7-16-11(3)8-17(13)9-12-5-6-14(15)18-12/h5-6,10-11,13,16H,4,7-9H2,1-3H3. The number of halogens is 1. The average Bonchev–Trinajstić information content (AvgIpc) is 2.74. The summed E-state index contributed by atoms with van der Waals surface area (Å²) in [5, 5.41) is 3.62. The number of rotatable bonds is 4. The topological polar surface area (TPSA) is 15.3 Å². The van der Waals surface area contributed by atoms with Crippen molar-refractivity contribution in [2.75, 3.05) is 13.1 Å². The number of nitrogens with one attached hydrogen (secondary N) is 1. The number of nitrogens with zero attached hydrogens (tertiary/aromatic N) is 1. The van der Waals surface area contributed by atoms with Gasteiger partial charge in [0.1, 0.15) is 0 Å². The molecule has 0 saturated carbocycles. The summed E-state index contributed by atoms with van der Waals surface area (Å²) >= 11 is 5.41. The van der Waals surface area contributed by atoms with E-state index < -0.39 is 0 Å². The van der Waals surface area contributed by atoms with Crippen molar-refractivity contribution in [1.82, 2.24) is 10.2 Å². The minimum atomic E-state index is 0.605. The number of hydrogen-bond acceptors (Lipinski definition) is 3. The highest BCUT2D eigenvalue weighted by Crippen LogP contribution is 2.26. The van der Waals surface area contributed by atoms with E-state index in [1.54, 1.807) is 0 Å². The number of piperazine rings is 1. The van der Waals surface area contributed by atoms with Gasteiger partial charge >= 0.3 is 0 Å². The Hall–Kier alpha value is 0.1000. The Balaban J connectivity index is 2.05. The van der Waals surface area contributed by atoms with Crippen LogP contribution in [0.5, 0.6) is 0 Å². The van der Waals surface area contributed by atoms with Gasteiger partial charge < -0.3 is 5.32 Å². The summed E-state index contributed by atoms with van der Waals surface area (Å²) in [6, 6.07) is 5.68. The zero-order chi connectivity index (χ0) is 13.1. The molecule has 0 aliphatic carbocycles. The van der Waals surface area contributed by atoms with Gasteiger partial charge in [-0.3, -0.25) is 4.90 Å². The van der Waals surface area contributed by atoms with Gasteiger partial charge in [0.15, 0.2) is 0 Å². The molecule has 0 aromatic carbocycles. The third kappa shape index (κ3) is 3.56. The number of thiophene rings is 1. The van der Waals surface area contributed by atoms with Crippen LogP contribution in [0.1, 0.15) is 32.1 Å². The molecule has 1 aliphatic heterocycles. The fourth-order valence-electron chi connectivity index (χ4n) is 2.65. The van der Waals surface area contributed by atoms with Crippen LogP contribution in [0.3, 0.4) is 0 Å². The van der Waals surface area contributed by atoms with Crippen LogP contribution in [0, 0.1) is 5.92 Å². The molecule has 2 rings (SSSR count). The van der Waals surface area contributed by atoms with Crippen molar-refractivity contribution in [2.24, 2.45) is 5.92 Å². The van der Waals surface area contributed by atoms with Crippen molar-refractivity contribution in [3.05, 3.63) is 20.8 Å². The fourth-order valence-corrected chi connectivity index (χ4v) is 4.16. The van der Waals surface area contributed by atoms with Crippen molar-refractivity contribution in [1.29, 1.82) is 0 Å². The second-order valence-electron chi connectivity index (χ2n) is 5.40. The first-order valence-corrected chi connectivity index (χ1v) is 8.42. The summed E-state index contributed by atoms with van der Waals surface area (Å²) < 4.78 is 1.24. The van der Waals surface area contributed by atoms with E-state index >= 15 is 0 Å². The minimum absolute atomic E-state index is 0.605. The Morgan fingerprint density at radius 1 is 1.56 bits per heavy atom. The highest BCUT2D eigenvalue weighted by Gasteiger charge is 2.29. The molecule has 18 heavy (non-hydrogen) atoms. The summed E-state index contributed by atoms with van der Waals surface area (Å²) in [6.07, 6.45) is 1.26. The molecule has 4 heteroatoms. The van der Waals surface area contributed by atoms with E-state index in [9.17, 15) is 0 Å². The molecular formula is C14H23BrN2S. The first-order chi connectivity index (χ1) is 8.60. The predicted octanol–water partition coefficient (Wildman–Crippen LogP) is 3.72. The minimum Gasteiger partial charge on any atom is -0.311 e.